The van der Waals surface area contributed by atoms with Crippen molar-refractivity contribution in [1.82, 2.24) is 9.97 Å². The fraction of sp³-hybridized carbons (Fsp3) is 0.105. The number of pyridine rings is 2. The summed E-state index contributed by atoms with van der Waals surface area (Å²) in [6, 6.07) is 10.5. The van der Waals surface area contributed by atoms with E-state index in [-0.39, 0.29) is 23.0 Å². The number of aromatic nitrogens is 2. The average Bonchev–Trinajstić information content (AvgIpc) is 2.68. The summed E-state index contributed by atoms with van der Waals surface area (Å²) >= 11 is 0. The maximum Gasteiger partial charge on any atom is 0.416 e. The van der Waals surface area contributed by atoms with Crippen LogP contribution in [0.3, 0.4) is 0 Å². The fourth-order valence-corrected chi connectivity index (χ4v) is 2.13. The van der Waals surface area contributed by atoms with Gasteiger partial charge in [-0.2, -0.15) is 26.3 Å². The zero-order valence-corrected chi connectivity index (χ0v) is 14.4. The maximum atomic E-state index is 12.7. The lowest BCUT2D eigenvalue weighted by molar-refractivity contribution is -0.143. The summed E-state index contributed by atoms with van der Waals surface area (Å²) < 4.78 is 76.0. The molecule has 0 atom stereocenters. The zero-order valence-electron chi connectivity index (χ0n) is 14.4. The van der Waals surface area contributed by atoms with E-state index in [1.807, 2.05) is 0 Å². The first-order valence-corrected chi connectivity index (χ1v) is 7.83. The zero-order chi connectivity index (χ0) is 21.7. The molecule has 0 saturated carbocycles. The van der Waals surface area contributed by atoms with Crippen molar-refractivity contribution in [3.63, 3.8) is 0 Å². The predicted octanol–water partition coefficient (Wildman–Crippen LogP) is 5.57. The van der Waals surface area contributed by atoms with Gasteiger partial charge < -0.3 is 5.11 Å². The Morgan fingerprint density at radius 3 is 1.62 bits per heavy atom. The van der Waals surface area contributed by atoms with Crippen molar-refractivity contribution < 1.29 is 36.2 Å². The third-order valence-electron chi connectivity index (χ3n) is 3.43. The molecule has 2 heterocycles. The third-order valence-corrected chi connectivity index (χ3v) is 3.43. The molecule has 0 saturated heterocycles. The van der Waals surface area contributed by atoms with Gasteiger partial charge >= 0.3 is 18.3 Å². The van der Waals surface area contributed by atoms with Crippen LogP contribution in [0.2, 0.25) is 0 Å². The molecule has 0 amide bonds. The molecule has 1 N–H and O–H groups in total. The lowest BCUT2D eigenvalue weighted by atomic mass is 10.0. The topological polar surface area (TPSA) is 63.1 Å². The molecular formula is C19H12F6N2O2. The summed E-state index contributed by atoms with van der Waals surface area (Å²) in [5, 5.41) is 8.32. The molecule has 0 aliphatic carbocycles. The molecule has 3 rings (SSSR count). The third kappa shape index (κ3) is 6.30. The Morgan fingerprint density at radius 2 is 1.28 bits per heavy atom. The van der Waals surface area contributed by atoms with E-state index in [0.717, 1.165) is 0 Å². The summed E-state index contributed by atoms with van der Waals surface area (Å²) in [5.74, 6) is -0.990. The second-order valence-corrected chi connectivity index (χ2v) is 5.53. The molecule has 0 unspecified atom stereocenters. The minimum absolute atomic E-state index is 0.0455. The van der Waals surface area contributed by atoms with Gasteiger partial charge in [-0.05, 0) is 42.5 Å². The molecule has 3 aromatic rings. The Kier molecular flexibility index (Phi) is 6.57. The smallest absolute Gasteiger partial charge is 0.416 e. The van der Waals surface area contributed by atoms with Gasteiger partial charge in [0, 0.05) is 18.0 Å². The van der Waals surface area contributed by atoms with Crippen LogP contribution in [-0.2, 0) is 12.4 Å². The molecule has 1 aromatic carbocycles. The van der Waals surface area contributed by atoms with Gasteiger partial charge in [-0.1, -0.05) is 12.1 Å². The van der Waals surface area contributed by atoms with Crippen LogP contribution in [0.4, 0.5) is 26.3 Å². The highest BCUT2D eigenvalue weighted by atomic mass is 19.4. The van der Waals surface area contributed by atoms with Crippen LogP contribution in [0, 0.1) is 0 Å². The Hall–Kier alpha value is -3.43. The molecule has 0 bridgehead atoms. The SMILES string of the molecule is FC(F)(F)c1cc(-c2ccccn2)cc(C(F)(F)F)c1.O=C(O)c1ccccn1. The van der Waals surface area contributed by atoms with Gasteiger partial charge in [0.25, 0.3) is 0 Å². The van der Waals surface area contributed by atoms with Gasteiger partial charge in [0.1, 0.15) is 5.69 Å². The van der Waals surface area contributed by atoms with Crippen molar-refractivity contribution in [3.8, 4) is 11.3 Å². The summed E-state index contributed by atoms with van der Waals surface area (Å²) in [6.07, 6.45) is -6.97. The second-order valence-electron chi connectivity index (χ2n) is 5.53. The first kappa shape index (κ1) is 21.9. The maximum absolute atomic E-state index is 12.7. The number of aromatic carboxylic acids is 1. The van der Waals surface area contributed by atoms with Crippen LogP contribution >= 0.6 is 0 Å². The van der Waals surface area contributed by atoms with Crippen LogP contribution in [0.15, 0.2) is 67.0 Å². The predicted molar refractivity (Wildman–Crippen MR) is 90.9 cm³/mol. The van der Waals surface area contributed by atoms with Crippen molar-refractivity contribution in [2.75, 3.05) is 0 Å². The van der Waals surface area contributed by atoms with Gasteiger partial charge in [-0.15, -0.1) is 0 Å². The molecule has 0 spiro atoms. The summed E-state index contributed by atoms with van der Waals surface area (Å²) in [4.78, 5) is 17.5. The minimum atomic E-state index is -4.86. The number of carbonyl (C=O) groups is 1. The van der Waals surface area contributed by atoms with Crippen LogP contribution in [0.25, 0.3) is 11.3 Å². The van der Waals surface area contributed by atoms with Crippen molar-refractivity contribution >= 4 is 5.97 Å². The first-order valence-electron chi connectivity index (χ1n) is 7.83. The molecule has 2 aromatic heterocycles. The fourth-order valence-electron chi connectivity index (χ4n) is 2.13. The van der Waals surface area contributed by atoms with E-state index in [1.165, 1.54) is 36.7 Å². The second kappa shape index (κ2) is 8.72. The van der Waals surface area contributed by atoms with Crippen LogP contribution in [-0.4, -0.2) is 21.0 Å². The van der Waals surface area contributed by atoms with Crippen molar-refractivity contribution in [2.24, 2.45) is 0 Å². The number of alkyl halides is 6. The van der Waals surface area contributed by atoms with Gasteiger partial charge in [0.2, 0.25) is 0 Å². The summed E-state index contributed by atoms with van der Waals surface area (Å²) in [6.45, 7) is 0. The monoisotopic (exact) mass is 414 g/mol. The van der Waals surface area contributed by atoms with Gasteiger partial charge in [-0.25, -0.2) is 9.78 Å². The molecular weight excluding hydrogens is 402 g/mol. The lowest BCUT2D eigenvalue weighted by Gasteiger charge is -2.13. The summed E-state index contributed by atoms with van der Waals surface area (Å²) in [5.41, 5.74) is -2.81. The number of rotatable bonds is 2. The van der Waals surface area contributed by atoms with Crippen LogP contribution in [0.1, 0.15) is 21.6 Å². The molecule has 10 heteroatoms. The Labute approximate surface area is 160 Å². The van der Waals surface area contributed by atoms with E-state index < -0.39 is 29.4 Å². The molecule has 0 fully saturated rings. The number of halogens is 6. The van der Waals surface area contributed by atoms with Gasteiger partial charge in [0.05, 0.1) is 16.8 Å². The van der Waals surface area contributed by atoms with E-state index in [4.69, 9.17) is 5.11 Å². The Morgan fingerprint density at radius 1 is 0.759 bits per heavy atom. The van der Waals surface area contributed by atoms with Crippen molar-refractivity contribution in [1.29, 1.82) is 0 Å². The first-order chi connectivity index (χ1) is 13.5. The van der Waals surface area contributed by atoms with E-state index in [1.54, 1.807) is 12.1 Å². The van der Waals surface area contributed by atoms with E-state index in [0.29, 0.717) is 12.1 Å². The number of benzene rings is 1. The molecule has 0 radical (unpaired) electrons. The molecule has 152 valence electrons. The molecule has 4 nitrogen and oxygen atoms in total. The van der Waals surface area contributed by atoms with E-state index in [9.17, 15) is 31.1 Å². The van der Waals surface area contributed by atoms with Crippen LogP contribution < -0.4 is 0 Å². The highest BCUT2D eigenvalue weighted by molar-refractivity contribution is 5.85. The number of hydrogen-bond donors (Lipinski definition) is 1. The number of nitrogens with zero attached hydrogens (tertiary/aromatic N) is 2. The van der Waals surface area contributed by atoms with Gasteiger partial charge in [-0.3, -0.25) is 4.98 Å². The quantitative estimate of drug-likeness (QED) is 0.558. The normalized spacial score (nSPS) is 11.4. The molecule has 0 aliphatic rings. The van der Waals surface area contributed by atoms with Gasteiger partial charge in [0.15, 0.2) is 0 Å². The highest BCUT2D eigenvalue weighted by Gasteiger charge is 2.37. The number of carboxylic acid groups (broad SMARTS) is 1. The lowest BCUT2D eigenvalue weighted by Crippen LogP contribution is -2.11. The van der Waals surface area contributed by atoms with E-state index >= 15 is 0 Å². The highest BCUT2D eigenvalue weighted by Crippen LogP contribution is 2.38. The number of hydrogen-bond acceptors (Lipinski definition) is 3. The van der Waals surface area contributed by atoms with Crippen LogP contribution in [0.5, 0.6) is 0 Å². The molecule has 29 heavy (non-hydrogen) atoms. The standard InChI is InChI=1S/C13H7F6N.C6H5NO2/c14-12(15,16)9-5-8(11-3-1-2-4-20-11)6-10(7-9)13(17,18)19;8-6(9)5-3-1-2-4-7-5/h1-7H;1-4H,(H,8,9). The number of carboxylic acids is 1. The minimum Gasteiger partial charge on any atom is -0.477 e. The van der Waals surface area contributed by atoms with E-state index in [2.05, 4.69) is 9.97 Å². The Bertz CT molecular complexity index is 926. The van der Waals surface area contributed by atoms with Crippen molar-refractivity contribution in [2.45, 2.75) is 12.4 Å². The molecule has 0 aliphatic heterocycles. The summed E-state index contributed by atoms with van der Waals surface area (Å²) in [7, 11) is 0. The average molecular weight is 414 g/mol. The van der Waals surface area contributed by atoms with Crippen molar-refractivity contribution in [3.05, 3.63) is 83.8 Å². The largest absolute Gasteiger partial charge is 0.477 e. The Balaban J connectivity index is 0.000000278.